The number of fused-ring (bicyclic) bond motifs is 1. The summed E-state index contributed by atoms with van der Waals surface area (Å²) in [4.78, 5) is 3.19. The van der Waals surface area contributed by atoms with Crippen molar-refractivity contribution in [3.8, 4) is 11.3 Å². The number of nitrogens with one attached hydrogen (secondary N) is 1. The molecule has 126 valence electrons. The van der Waals surface area contributed by atoms with Crippen LogP contribution in [0.5, 0.6) is 0 Å². The first-order valence-electron chi connectivity index (χ1n) is 8.28. The number of H-pyrrole nitrogens is 1. The second-order valence-corrected chi connectivity index (χ2v) is 6.35. The number of nitrogens with two attached hydrogens (primary N) is 1. The molecule has 0 spiro atoms. The van der Waals surface area contributed by atoms with Gasteiger partial charge in [0.05, 0.1) is 11.2 Å². The first-order chi connectivity index (χ1) is 11.5. The first kappa shape index (κ1) is 16.7. The van der Waals surface area contributed by atoms with Crippen LogP contribution in [0.4, 0.5) is 8.78 Å². The summed E-state index contributed by atoms with van der Waals surface area (Å²) in [5, 5.41) is 0.625. The maximum atomic E-state index is 14.2. The van der Waals surface area contributed by atoms with Gasteiger partial charge < -0.3 is 10.7 Å². The molecule has 0 saturated carbocycles. The van der Waals surface area contributed by atoms with Crippen LogP contribution in [0.2, 0.25) is 0 Å². The number of aromatic amines is 1. The Labute approximate surface area is 140 Å². The van der Waals surface area contributed by atoms with Crippen LogP contribution in [0.25, 0.3) is 22.2 Å². The maximum absolute atomic E-state index is 14.2. The second kappa shape index (κ2) is 6.73. The number of aromatic nitrogens is 1. The Morgan fingerprint density at radius 2 is 1.83 bits per heavy atom. The van der Waals surface area contributed by atoms with Crippen LogP contribution in [0.1, 0.15) is 29.5 Å². The summed E-state index contributed by atoms with van der Waals surface area (Å²) >= 11 is 0. The lowest BCUT2D eigenvalue weighted by molar-refractivity contribution is 0.591. The van der Waals surface area contributed by atoms with Gasteiger partial charge in [-0.2, -0.15) is 0 Å². The molecule has 4 heteroatoms. The largest absolute Gasteiger partial charge is 0.352 e. The average Bonchev–Trinajstić information content (AvgIpc) is 2.86. The summed E-state index contributed by atoms with van der Waals surface area (Å²) in [7, 11) is 0. The van der Waals surface area contributed by atoms with E-state index < -0.39 is 11.6 Å². The van der Waals surface area contributed by atoms with Gasteiger partial charge in [-0.05, 0) is 56.8 Å². The lowest BCUT2D eigenvalue weighted by Gasteiger charge is -2.09. The van der Waals surface area contributed by atoms with E-state index in [1.165, 1.54) is 11.6 Å². The summed E-state index contributed by atoms with van der Waals surface area (Å²) in [5.74, 6) is -1.10. The van der Waals surface area contributed by atoms with Crippen LogP contribution < -0.4 is 5.73 Å². The zero-order chi connectivity index (χ0) is 17.3. The van der Waals surface area contributed by atoms with Gasteiger partial charge in [0, 0.05) is 17.0 Å². The minimum absolute atomic E-state index is 0.370. The number of hydrogen-bond donors (Lipinski definition) is 2. The van der Waals surface area contributed by atoms with Crippen LogP contribution in [-0.2, 0) is 6.42 Å². The monoisotopic (exact) mass is 328 g/mol. The highest BCUT2D eigenvalue weighted by Crippen LogP contribution is 2.35. The van der Waals surface area contributed by atoms with E-state index in [4.69, 9.17) is 5.73 Å². The highest BCUT2D eigenvalue weighted by atomic mass is 19.1. The van der Waals surface area contributed by atoms with E-state index in [1.807, 2.05) is 26.0 Å². The average molecular weight is 328 g/mol. The van der Waals surface area contributed by atoms with Gasteiger partial charge in [0.25, 0.3) is 0 Å². The molecular formula is C20H22F2N2. The van der Waals surface area contributed by atoms with Crippen molar-refractivity contribution in [2.75, 3.05) is 6.54 Å². The predicted octanol–water partition coefficient (Wildman–Crippen LogP) is 5.01. The molecule has 0 atom stereocenters. The number of rotatable bonds is 5. The quantitative estimate of drug-likeness (QED) is 0.635. The first-order valence-corrected chi connectivity index (χ1v) is 8.28. The molecule has 3 N–H and O–H groups in total. The van der Waals surface area contributed by atoms with Crippen LogP contribution in [0, 0.1) is 25.5 Å². The molecule has 0 unspecified atom stereocenters. The highest BCUT2D eigenvalue weighted by molar-refractivity contribution is 5.91. The molecular weight excluding hydrogens is 306 g/mol. The van der Waals surface area contributed by atoms with E-state index in [2.05, 4.69) is 11.1 Å². The number of halogens is 2. The summed E-state index contributed by atoms with van der Waals surface area (Å²) in [6.45, 7) is 4.69. The van der Waals surface area contributed by atoms with Crippen molar-refractivity contribution in [3.63, 3.8) is 0 Å². The van der Waals surface area contributed by atoms with Crippen molar-refractivity contribution in [2.45, 2.75) is 33.1 Å². The van der Waals surface area contributed by atoms with Crippen molar-refractivity contribution in [1.29, 1.82) is 0 Å². The fourth-order valence-electron chi connectivity index (χ4n) is 3.30. The Kier molecular flexibility index (Phi) is 4.67. The molecule has 3 rings (SSSR count). The third kappa shape index (κ3) is 3.06. The zero-order valence-electron chi connectivity index (χ0n) is 14.0. The fraction of sp³-hybridized carbons (Fsp3) is 0.300. The molecule has 0 aliphatic rings. The predicted molar refractivity (Wildman–Crippen MR) is 95.1 cm³/mol. The molecule has 0 aliphatic heterocycles. The van der Waals surface area contributed by atoms with Gasteiger partial charge >= 0.3 is 0 Å². The Hall–Kier alpha value is -2.20. The molecule has 2 aromatic carbocycles. The van der Waals surface area contributed by atoms with Gasteiger partial charge in [-0.1, -0.05) is 23.8 Å². The van der Waals surface area contributed by atoms with Gasteiger partial charge in [-0.25, -0.2) is 8.78 Å². The third-order valence-electron chi connectivity index (χ3n) is 4.46. The van der Waals surface area contributed by atoms with Crippen LogP contribution in [-0.4, -0.2) is 11.5 Å². The SMILES string of the molecule is Cc1ccc(-c2[nH]c3c(F)cc(F)cc3c2CCCCN)c(C)c1. The Balaban J connectivity index is 2.21. The summed E-state index contributed by atoms with van der Waals surface area (Å²) in [5.41, 5.74) is 11.1. The van der Waals surface area contributed by atoms with Gasteiger partial charge in [0.15, 0.2) is 0 Å². The zero-order valence-corrected chi connectivity index (χ0v) is 14.0. The molecule has 2 nitrogen and oxygen atoms in total. The molecule has 0 amide bonds. The minimum Gasteiger partial charge on any atom is -0.352 e. The van der Waals surface area contributed by atoms with Gasteiger partial charge in [-0.15, -0.1) is 0 Å². The second-order valence-electron chi connectivity index (χ2n) is 6.35. The molecule has 0 saturated heterocycles. The lowest BCUT2D eigenvalue weighted by Crippen LogP contribution is -1.99. The standard InChI is InChI=1S/C20H22F2N2/c1-12-6-7-15(13(2)9-12)19-16(5-3-4-8-23)17-10-14(21)11-18(22)20(17)24-19/h6-7,9-11,24H,3-5,8,23H2,1-2H3. The Bertz CT molecular complexity index is 881. The molecule has 1 aromatic heterocycles. The van der Waals surface area contributed by atoms with E-state index in [1.54, 1.807) is 0 Å². The normalized spacial score (nSPS) is 11.4. The summed E-state index contributed by atoms with van der Waals surface area (Å²) < 4.78 is 28.0. The number of benzene rings is 2. The molecule has 24 heavy (non-hydrogen) atoms. The number of aryl methyl sites for hydroxylation is 3. The minimum atomic E-state index is -0.555. The van der Waals surface area contributed by atoms with Crippen molar-refractivity contribution in [3.05, 3.63) is 58.7 Å². The van der Waals surface area contributed by atoms with Gasteiger partial charge in [0.2, 0.25) is 0 Å². The van der Waals surface area contributed by atoms with E-state index in [9.17, 15) is 8.78 Å². The maximum Gasteiger partial charge on any atom is 0.150 e. The van der Waals surface area contributed by atoms with Crippen LogP contribution in [0.15, 0.2) is 30.3 Å². The van der Waals surface area contributed by atoms with Crippen LogP contribution >= 0.6 is 0 Å². The molecule has 3 aromatic rings. The molecule has 0 radical (unpaired) electrons. The molecule has 0 bridgehead atoms. The third-order valence-corrected chi connectivity index (χ3v) is 4.46. The van der Waals surface area contributed by atoms with Gasteiger partial charge in [0.1, 0.15) is 11.6 Å². The number of hydrogen-bond acceptors (Lipinski definition) is 1. The van der Waals surface area contributed by atoms with Crippen molar-refractivity contribution in [2.24, 2.45) is 5.73 Å². The summed E-state index contributed by atoms with van der Waals surface area (Å²) in [6, 6.07) is 8.51. The fourth-order valence-corrected chi connectivity index (χ4v) is 3.30. The summed E-state index contributed by atoms with van der Waals surface area (Å²) in [6.07, 6.45) is 2.51. The number of unbranched alkanes of at least 4 members (excludes halogenated alkanes) is 1. The van der Waals surface area contributed by atoms with E-state index >= 15 is 0 Å². The molecule has 1 heterocycles. The van der Waals surface area contributed by atoms with Gasteiger partial charge in [-0.3, -0.25) is 0 Å². The lowest BCUT2D eigenvalue weighted by atomic mass is 9.96. The molecule has 0 aliphatic carbocycles. The van der Waals surface area contributed by atoms with E-state index in [-0.39, 0.29) is 0 Å². The topological polar surface area (TPSA) is 41.8 Å². The Morgan fingerprint density at radius 1 is 1.04 bits per heavy atom. The van der Waals surface area contributed by atoms with Crippen molar-refractivity contribution >= 4 is 10.9 Å². The molecule has 0 fully saturated rings. The van der Waals surface area contributed by atoms with E-state index in [0.29, 0.717) is 17.4 Å². The highest BCUT2D eigenvalue weighted by Gasteiger charge is 2.18. The van der Waals surface area contributed by atoms with Crippen molar-refractivity contribution in [1.82, 2.24) is 4.98 Å². The van der Waals surface area contributed by atoms with E-state index in [0.717, 1.165) is 47.7 Å². The smallest absolute Gasteiger partial charge is 0.150 e. The Morgan fingerprint density at radius 3 is 2.54 bits per heavy atom. The van der Waals surface area contributed by atoms with Crippen molar-refractivity contribution < 1.29 is 8.78 Å². The van der Waals surface area contributed by atoms with Crippen LogP contribution in [0.3, 0.4) is 0 Å².